The molecule has 2 aromatic carbocycles. The van der Waals surface area contributed by atoms with Gasteiger partial charge in [-0.1, -0.05) is 31.4 Å². The van der Waals surface area contributed by atoms with Crippen molar-refractivity contribution in [1.82, 2.24) is 9.47 Å². The first-order chi connectivity index (χ1) is 19.9. The van der Waals surface area contributed by atoms with Crippen LogP contribution in [0, 0.1) is 0 Å². The van der Waals surface area contributed by atoms with E-state index in [4.69, 9.17) is 14.2 Å². The van der Waals surface area contributed by atoms with Gasteiger partial charge < -0.3 is 28.8 Å². The zero-order valence-electron chi connectivity index (χ0n) is 23.7. The van der Waals surface area contributed by atoms with E-state index in [2.05, 4.69) is 10.6 Å². The molecule has 8 nitrogen and oxygen atoms in total. The summed E-state index contributed by atoms with van der Waals surface area (Å²) in [5, 5.41) is 10.7. The Morgan fingerprint density at radius 3 is 2.54 bits per heavy atom. The Morgan fingerprint density at radius 1 is 1.00 bits per heavy atom. The first-order valence-corrected chi connectivity index (χ1v) is 14.8. The van der Waals surface area contributed by atoms with Crippen LogP contribution in [0.2, 0.25) is 0 Å². The first kappa shape index (κ1) is 26.3. The highest BCUT2D eigenvalue weighted by molar-refractivity contribution is 6.05. The van der Waals surface area contributed by atoms with Crippen molar-refractivity contribution in [3.05, 3.63) is 52.6 Å². The molecule has 1 amide bonds. The summed E-state index contributed by atoms with van der Waals surface area (Å²) in [5.74, 6) is 1.38. The lowest BCUT2D eigenvalue weighted by molar-refractivity contribution is -0.139. The maximum absolute atomic E-state index is 14.2. The molecule has 2 fully saturated rings. The Hall–Kier alpha value is -3.62. The minimum absolute atomic E-state index is 0.0222. The van der Waals surface area contributed by atoms with Crippen molar-refractivity contribution in [2.24, 2.45) is 0 Å². The second-order valence-corrected chi connectivity index (χ2v) is 11.9. The number of amides is 1. The van der Waals surface area contributed by atoms with Gasteiger partial charge in [0, 0.05) is 46.3 Å². The highest BCUT2D eigenvalue weighted by Gasteiger charge is 2.35. The summed E-state index contributed by atoms with van der Waals surface area (Å²) in [6.45, 7) is 5.02. The minimum Gasteiger partial charge on any atom is -0.454 e. The van der Waals surface area contributed by atoms with Crippen molar-refractivity contribution < 1.29 is 28.9 Å². The standard InChI is InChI=1S/C33H36N2O6/c1-19-14-34(15-20(2)41-19)33(38)23-12-26-24(10-11-29-32(26)40-18-39-29)31-30(21-6-4-3-5-7-21)25-9-8-22(28(37)17-36)13-27(25)35(31)16-23/h8-13,19-21,36H,3-7,14-18H2,1-2H3/t19-,20+. The van der Waals surface area contributed by atoms with Crippen LogP contribution in [0.25, 0.3) is 28.2 Å². The van der Waals surface area contributed by atoms with Crippen molar-refractivity contribution in [2.45, 2.75) is 70.6 Å². The molecule has 4 heterocycles. The number of aliphatic hydroxyl groups is 1. The summed E-state index contributed by atoms with van der Waals surface area (Å²) in [6, 6.07) is 9.80. The number of fused-ring (bicyclic) bond motifs is 7. The maximum Gasteiger partial charge on any atom is 0.251 e. The first-order valence-electron chi connectivity index (χ1n) is 14.8. The monoisotopic (exact) mass is 556 g/mol. The number of carbonyl (C=O) groups is 2. The zero-order chi connectivity index (χ0) is 28.2. The van der Waals surface area contributed by atoms with Gasteiger partial charge >= 0.3 is 0 Å². The maximum atomic E-state index is 14.2. The van der Waals surface area contributed by atoms with Gasteiger partial charge in [-0.2, -0.15) is 0 Å². The van der Waals surface area contributed by atoms with Gasteiger partial charge in [0.2, 0.25) is 6.79 Å². The number of hydrogen-bond donors (Lipinski definition) is 1. The van der Waals surface area contributed by atoms with Gasteiger partial charge in [0.1, 0.15) is 6.61 Å². The van der Waals surface area contributed by atoms with Crippen LogP contribution in [0.4, 0.5) is 0 Å². The number of ether oxygens (including phenoxy) is 3. The quantitative estimate of drug-likeness (QED) is 0.439. The van der Waals surface area contributed by atoms with E-state index < -0.39 is 6.61 Å². The number of carbonyl (C=O) groups excluding carboxylic acids is 2. The van der Waals surface area contributed by atoms with Crippen LogP contribution in [-0.4, -0.2) is 65.0 Å². The van der Waals surface area contributed by atoms with Gasteiger partial charge in [0.25, 0.3) is 5.91 Å². The number of morpholine rings is 1. The molecule has 8 heteroatoms. The molecule has 41 heavy (non-hydrogen) atoms. The summed E-state index contributed by atoms with van der Waals surface area (Å²) in [4.78, 5) is 28.7. The SMILES string of the molecule is C[C@@H]1CN(C(=O)C2=Cc3c(ccc4c3OCO4)-c3c(C4CCCCC4)c4ccc(C(=O)CO)cc4n3C2)C[C@H](C)O1. The third-order valence-electron chi connectivity index (χ3n) is 9.04. The fraction of sp³-hybridized carbons (Fsp3) is 0.455. The molecule has 1 saturated heterocycles. The third-order valence-corrected chi connectivity index (χ3v) is 9.04. The Balaban J connectivity index is 1.47. The molecule has 1 N–H and O–H groups in total. The highest BCUT2D eigenvalue weighted by atomic mass is 16.7. The fourth-order valence-electron chi connectivity index (χ4n) is 7.31. The van der Waals surface area contributed by atoms with Crippen LogP contribution in [0.15, 0.2) is 35.9 Å². The van der Waals surface area contributed by atoms with Crippen molar-refractivity contribution in [3.63, 3.8) is 0 Å². The number of nitrogens with zero attached hydrogens (tertiary/aromatic N) is 2. The van der Waals surface area contributed by atoms with Gasteiger partial charge in [-0.05, 0) is 62.4 Å². The Labute approximate surface area is 239 Å². The molecule has 0 unspecified atom stereocenters. The van der Waals surface area contributed by atoms with Crippen molar-refractivity contribution in [3.8, 4) is 22.8 Å². The number of ketones is 1. The second kappa shape index (κ2) is 10.3. The molecular formula is C33H36N2O6. The molecule has 214 valence electrons. The predicted octanol–water partition coefficient (Wildman–Crippen LogP) is 5.29. The number of benzene rings is 2. The van der Waals surface area contributed by atoms with Crippen LogP contribution < -0.4 is 9.47 Å². The van der Waals surface area contributed by atoms with Crippen LogP contribution in [-0.2, 0) is 16.1 Å². The Bertz CT molecular complexity index is 1570. The molecule has 1 aliphatic carbocycles. The summed E-state index contributed by atoms with van der Waals surface area (Å²) in [5.41, 5.74) is 6.26. The molecule has 0 spiro atoms. The average Bonchev–Trinajstić information content (AvgIpc) is 3.54. The summed E-state index contributed by atoms with van der Waals surface area (Å²) >= 11 is 0. The van der Waals surface area contributed by atoms with E-state index >= 15 is 0 Å². The number of hydrogen-bond acceptors (Lipinski definition) is 6. The number of rotatable bonds is 4. The Kier molecular flexibility index (Phi) is 6.63. The van der Waals surface area contributed by atoms with Crippen LogP contribution in [0.3, 0.4) is 0 Å². The number of Topliss-reactive ketones (excluding diaryl/α,β-unsaturated/α-hetero) is 1. The molecule has 1 aromatic heterocycles. The summed E-state index contributed by atoms with van der Waals surface area (Å²) in [7, 11) is 0. The molecule has 4 aliphatic rings. The van der Waals surface area contributed by atoms with E-state index in [1.165, 1.54) is 24.8 Å². The van der Waals surface area contributed by atoms with Gasteiger partial charge in [0.15, 0.2) is 17.3 Å². The summed E-state index contributed by atoms with van der Waals surface area (Å²) in [6.07, 6.45) is 7.71. The molecule has 1 saturated carbocycles. The molecule has 2 atom stereocenters. The van der Waals surface area contributed by atoms with E-state index in [1.54, 1.807) is 0 Å². The molecule has 3 aromatic rings. The molecular weight excluding hydrogens is 520 g/mol. The normalized spacial score (nSPS) is 22.2. The number of aromatic nitrogens is 1. The van der Waals surface area contributed by atoms with E-state index in [0.717, 1.165) is 40.6 Å². The van der Waals surface area contributed by atoms with Gasteiger partial charge in [-0.15, -0.1) is 0 Å². The molecule has 7 rings (SSSR count). The largest absolute Gasteiger partial charge is 0.454 e. The van der Waals surface area contributed by atoms with E-state index in [9.17, 15) is 14.7 Å². The lowest BCUT2D eigenvalue weighted by Crippen LogP contribution is -2.48. The van der Waals surface area contributed by atoms with E-state index in [-0.39, 0.29) is 30.7 Å². The van der Waals surface area contributed by atoms with Crippen molar-refractivity contribution >= 4 is 28.7 Å². The van der Waals surface area contributed by atoms with E-state index in [1.807, 2.05) is 49.1 Å². The lowest BCUT2D eigenvalue weighted by Gasteiger charge is -2.35. The molecule has 0 bridgehead atoms. The lowest BCUT2D eigenvalue weighted by atomic mass is 9.81. The van der Waals surface area contributed by atoms with Gasteiger partial charge in [-0.3, -0.25) is 9.59 Å². The summed E-state index contributed by atoms with van der Waals surface area (Å²) < 4.78 is 19.9. The second-order valence-electron chi connectivity index (χ2n) is 11.9. The zero-order valence-corrected chi connectivity index (χ0v) is 23.7. The number of aliphatic hydroxyl groups excluding tert-OH is 1. The highest BCUT2D eigenvalue weighted by Crippen LogP contribution is 2.50. The molecule has 0 radical (unpaired) electrons. The van der Waals surface area contributed by atoms with Crippen LogP contribution >= 0.6 is 0 Å². The van der Waals surface area contributed by atoms with Crippen LogP contribution in [0.1, 0.15) is 73.4 Å². The average molecular weight is 557 g/mol. The third kappa shape index (κ3) is 4.44. The van der Waals surface area contributed by atoms with Crippen LogP contribution in [0.5, 0.6) is 11.5 Å². The topological polar surface area (TPSA) is 90.2 Å². The Morgan fingerprint density at radius 2 is 1.78 bits per heavy atom. The predicted molar refractivity (Wildman–Crippen MR) is 155 cm³/mol. The molecule has 3 aliphatic heterocycles. The van der Waals surface area contributed by atoms with Crippen molar-refractivity contribution in [2.75, 3.05) is 26.5 Å². The van der Waals surface area contributed by atoms with Gasteiger partial charge in [0.05, 0.1) is 24.4 Å². The van der Waals surface area contributed by atoms with Crippen molar-refractivity contribution in [1.29, 1.82) is 0 Å². The fourth-order valence-corrected chi connectivity index (χ4v) is 7.31. The minimum atomic E-state index is -0.544. The van der Waals surface area contributed by atoms with Gasteiger partial charge in [-0.25, -0.2) is 0 Å². The smallest absolute Gasteiger partial charge is 0.251 e. The van der Waals surface area contributed by atoms with E-state index in [0.29, 0.717) is 48.2 Å².